The van der Waals surface area contributed by atoms with Crippen LogP contribution in [0.3, 0.4) is 0 Å². The van der Waals surface area contributed by atoms with Crippen molar-refractivity contribution in [3.05, 3.63) is 59.9 Å². The maximum atomic E-state index is 13.1. The molecular weight excluding hydrogens is 345 g/mol. The van der Waals surface area contributed by atoms with Crippen LogP contribution in [0.2, 0.25) is 0 Å². The number of methoxy groups -OCH3 is 1. The zero-order valence-corrected chi connectivity index (χ0v) is 16.4. The monoisotopic (exact) mass is 373 g/mol. The highest BCUT2D eigenvalue weighted by atomic mass is 19.1. The standard InChI is InChI=1S/C22H28FNO3/c1-5-21(27-19-12-8-17(23)9-13-19)22(25)24-20(14-15(2)3)16-6-10-18(26-4)11-7-16/h6-13,15,20-21H,5,14H2,1-4H3,(H,24,25)/t20-,21-/m0/s1. The summed E-state index contributed by atoms with van der Waals surface area (Å²) in [6, 6.07) is 13.3. The maximum absolute atomic E-state index is 13.1. The minimum Gasteiger partial charge on any atom is -0.497 e. The minimum atomic E-state index is -0.636. The average Bonchev–Trinajstić information content (AvgIpc) is 2.66. The summed E-state index contributed by atoms with van der Waals surface area (Å²) >= 11 is 0. The lowest BCUT2D eigenvalue weighted by Gasteiger charge is -2.24. The molecule has 0 aliphatic heterocycles. The number of ether oxygens (including phenoxy) is 2. The van der Waals surface area contributed by atoms with E-state index in [0.717, 1.165) is 17.7 Å². The quantitative estimate of drug-likeness (QED) is 0.680. The molecule has 2 atom stereocenters. The van der Waals surface area contributed by atoms with Gasteiger partial charge in [-0.1, -0.05) is 32.9 Å². The van der Waals surface area contributed by atoms with E-state index in [1.54, 1.807) is 7.11 Å². The lowest BCUT2D eigenvalue weighted by atomic mass is 9.96. The van der Waals surface area contributed by atoms with E-state index in [4.69, 9.17) is 9.47 Å². The van der Waals surface area contributed by atoms with Gasteiger partial charge in [0.05, 0.1) is 13.2 Å². The molecule has 1 amide bonds. The van der Waals surface area contributed by atoms with Crippen molar-refractivity contribution in [1.82, 2.24) is 5.32 Å². The van der Waals surface area contributed by atoms with Gasteiger partial charge < -0.3 is 14.8 Å². The fourth-order valence-corrected chi connectivity index (χ4v) is 2.85. The van der Waals surface area contributed by atoms with Gasteiger partial charge in [0.2, 0.25) is 0 Å². The van der Waals surface area contributed by atoms with Crippen molar-refractivity contribution in [2.75, 3.05) is 7.11 Å². The first-order chi connectivity index (χ1) is 12.9. The van der Waals surface area contributed by atoms with Crippen molar-refractivity contribution in [2.24, 2.45) is 5.92 Å². The third kappa shape index (κ3) is 6.27. The fraction of sp³-hybridized carbons (Fsp3) is 0.409. The van der Waals surface area contributed by atoms with Crippen LogP contribution in [-0.4, -0.2) is 19.1 Å². The summed E-state index contributed by atoms with van der Waals surface area (Å²) in [5, 5.41) is 3.11. The zero-order chi connectivity index (χ0) is 19.8. The van der Waals surface area contributed by atoms with Crippen LogP contribution in [0.25, 0.3) is 0 Å². The predicted octanol–water partition coefficient (Wildman–Crippen LogP) is 4.90. The van der Waals surface area contributed by atoms with E-state index in [1.165, 1.54) is 24.3 Å². The number of benzene rings is 2. The van der Waals surface area contributed by atoms with Crippen molar-refractivity contribution in [2.45, 2.75) is 45.8 Å². The van der Waals surface area contributed by atoms with E-state index < -0.39 is 6.10 Å². The molecule has 0 spiro atoms. The molecule has 5 heteroatoms. The lowest BCUT2D eigenvalue weighted by molar-refractivity contribution is -0.129. The highest BCUT2D eigenvalue weighted by molar-refractivity contribution is 5.81. The first-order valence-corrected chi connectivity index (χ1v) is 9.29. The van der Waals surface area contributed by atoms with Crippen molar-refractivity contribution >= 4 is 5.91 Å². The van der Waals surface area contributed by atoms with Crippen LogP contribution >= 0.6 is 0 Å². The Hall–Kier alpha value is -2.56. The maximum Gasteiger partial charge on any atom is 0.261 e. The topological polar surface area (TPSA) is 47.6 Å². The van der Waals surface area contributed by atoms with Gasteiger partial charge in [0, 0.05) is 0 Å². The highest BCUT2D eigenvalue weighted by Gasteiger charge is 2.23. The molecule has 0 aromatic heterocycles. The number of hydrogen-bond donors (Lipinski definition) is 1. The molecule has 0 saturated heterocycles. The first-order valence-electron chi connectivity index (χ1n) is 9.29. The van der Waals surface area contributed by atoms with Gasteiger partial charge >= 0.3 is 0 Å². The summed E-state index contributed by atoms with van der Waals surface area (Å²) in [6.45, 7) is 6.13. The third-order valence-corrected chi connectivity index (χ3v) is 4.30. The summed E-state index contributed by atoms with van der Waals surface area (Å²) in [5.74, 6) is 1.15. The number of hydrogen-bond acceptors (Lipinski definition) is 3. The third-order valence-electron chi connectivity index (χ3n) is 4.30. The smallest absolute Gasteiger partial charge is 0.261 e. The first kappa shape index (κ1) is 20.7. The number of amides is 1. The van der Waals surface area contributed by atoms with Crippen molar-refractivity contribution in [3.8, 4) is 11.5 Å². The van der Waals surface area contributed by atoms with Crippen LogP contribution in [0.15, 0.2) is 48.5 Å². The Kier molecular flexibility index (Phi) is 7.65. The van der Waals surface area contributed by atoms with Crippen molar-refractivity contribution in [1.29, 1.82) is 0 Å². The van der Waals surface area contributed by atoms with Gasteiger partial charge in [-0.2, -0.15) is 0 Å². The van der Waals surface area contributed by atoms with E-state index >= 15 is 0 Å². The second-order valence-corrected chi connectivity index (χ2v) is 6.93. The SMILES string of the molecule is CC[C@H](Oc1ccc(F)cc1)C(=O)N[C@@H](CC(C)C)c1ccc(OC)cc1. The number of carbonyl (C=O) groups excluding carboxylic acids is 1. The molecule has 2 rings (SSSR count). The van der Waals surface area contributed by atoms with Crippen LogP contribution < -0.4 is 14.8 Å². The zero-order valence-electron chi connectivity index (χ0n) is 16.4. The largest absolute Gasteiger partial charge is 0.497 e. The molecule has 0 radical (unpaired) electrons. The van der Waals surface area contributed by atoms with Crippen LogP contribution in [0, 0.1) is 11.7 Å². The van der Waals surface area contributed by atoms with Gasteiger partial charge in [0.1, 0.15) is 17.3 Å². The van der Waals surface area contributed by atoms with E-state index in [1.807, 2.05) is 31.2 Å². The summed E-state index contributed by atoms with van der Waals surface area (Å²) in [7, 11) is 1.63. The van der Waals surface area contributed by atoms with E-state index in [9.17, 15) is 9.18 Å². The molecule has 0 unspecified atom stereocenters. The highest BCUT2D eigenvalue weighted by Crippen LogP contribution is 2.24. The van der Waals surface area contributed by atoms with Crippen LogP contribution in [0.4, 0.5) is 4.39 Å². The molecule has 2 aromatic rings. The number of rotatable bonds is 9. The van der Waals surface area contributed by atoms with Crippen LogP contribution in [0.5, 0.6) is 11.5 Å². The van der Waals surface area contributed by atoms with Gasteiger partial charge in [-0.15, -0.1) is 0 Å². The summed E-state index contributed by atoms with van der Waals surface area (Å²) in [6.07, 6.45) is 0.689. The number of halogens is 1. The average molecular weight is 373 g/mol. The summed E-state index contributed by atoms with van der Waals surface area (Å²) in [5.41, 5.74) is 1.02. The Morgan fingerprint density at radius 1 is 1.04 bits per heavy atom. The van der Waals surface area contributed by atoms with E-state index in [0.29, 0.717) is 18.1 Å². The molecule has 1 N–H and O–H groups in total. The molecule has 27 heavy (non-hydrogen) atoms. The number of carbonyl (C=O) groups is 1. The Morgan fingerprint density at radius 3 is 2.15 bits per heavy atom. The lowest BCUT2D eigenvalue weighted by Crippen LogP contribution is -2.40. The normalized spacial score (nSPS) is 13.1. The van der Waals surface area contributed by atoms with Crippen LogP contribution in [-0.2, 0) is 4.79 Å². The fourth-order valence-electron chi connectivity index (χ4n) is 2.85. The Bertz CT molecular complexity index is 713. The Morgan fingerprint density at radius 2 is 1.63 bits per heavy atom. The molecule has 4 nitrogen and oxygen atoms in total. The minimum absolute atomic E-state index is 0.116. The molecule has 2 aromatic carbocycles. The molecule has 146 valence electrons. The summed E-state index contributed by atoms with van der Waals surface area (Å²) < 4.78 is 24.0. The molecule has 0 bridgehead atoms. The van der Waals surface area contributed by atoms with Crippen LogP contribution in [0.1, 0.15) is 45.2 Å². The molecule has 0 aliphatic carbocycles. The second kappa shape index (κ2) is 9.95. The van der Waals surface area contributed by atoms with E-state index in [2.05, 4.69) is 19.2 Å². The molecule has 0 saturated carbocycles. The predicted molar refractivity (Wildman–Crippen MR) is 104 cm³/mol. The second-order valence-electron chi connectivity index (χ2n) is 6.93. The Labute approximate surface area is 160 Å². The molecular formula is C22H28FNO3. The van der Waals surface area contributed by atoms with Crippen molar-refractivity contribution < 1.29 is 18.7 Å². The van der Waals surface area contributed by atoms with Gasteiger partial charge in [0.25, 0.3) is 5.91 Å². The van der Waals surface area contributed by atoms with E-state index in [-0.39, 0.29) is 17.8 Å². The molecule has 0 aliphatic rings. The number of nitrogens with one attached hydrogen (secondary N) is 1. The Balaban J connectivity index is 2.10. The summed E-state index contributed by atoms with van der Waals surface area (Å²) in [4.78, 5) is 12.8. The van der Waals surface area contributed by atoms with Gasteiger partial charge in [-0.05, 0) is 60.7 Å². The molecule has 0 heterocycles. The van der Waals surface area contributed by atoms with Crippen molar-refractivity contribution in [3.63, 3.8) is 0 Å². The van der Waals surface area contributed by atoms with Gasteiger partial charge in [0.15, 0.2) is 6.10 Å². The van der Waals surface area contributed by atoms with Gasteiger partial charge in [-0.25, -0.2) is 4.39 Å². The van der Waals surface area contributed by atoms with Gasteiger partial charge in [-0.3, -0.25) is 4.79 Å². The molecule has 0 fully saturated rings.